The first kappa shape index (κ1) is 22.9. The van der Waals surface area contributed by atoms with Crippen LogP contribution in [0.5, 0.6) is 5.75 Å². The highest BCUT2D eigenvalue weighted by molar-refractivity contribution is 6.19. The van der Waals surface area contributed by atoms with Crippen LogP contribution in [0.25, 0.3) is 0 Å². The summed E-state index contributed by atoms with van der Waals surface area (Å²) in [7, 11) is 1.57. The second-order valence-electron chi connectivity index (χ2n) is 8.81. The summed E-state index contributed by atoms with van der Waals surface area (Å²) < 4.78 is 19.2. The van der Waals surface area contributed by atoms with Crippen molar-refractivity contribution >= 4 is 23.2 Å². The van der Waals surface area contributed by atoms with Crippen molar-refractivity contribution in [2.45, 2.75) is 51.2 Å². The third kappa shape index (κ3) is 4.61. The number of nitrogens with one attached hydrogen (secondary N) is 1. The van der Waals surface area contributed by atoms with Crippen molar-refractivity contribution < 1.29 is 23.8 Å². The third-order valence-electron chi connectivity index (χ3n) is 6.43. The number of carbonyl (C=O) groups is 2. The summed E-state index contributed by atoms with van der Waals surface area (Å²) in [6, 6.07) is 12.3. The summed E-state index contributed by atoms with van der Waals surface area (Å²) in [4.78, 5) is 27.0. The summed E-state index contributed by atoms with van der Waals surface area (Å²) >= 11 is 0. The Labute approximate surface area is 192 Å². The second-order valence-corrected chi connectivity index (χ2v) is 8.81. The minimum absolute atomic E-state index is 0.0681. The Morgan fingerprint density at radius 2 is 1.94 bits per heavy atom. The number of aliphatic hydroxyl groups excluding tert-OH is 1. The molecule has 4 rings (SSSR count). The Morgan fingerprint density at radius 1 is 1.21 bits per heavy atom. The Balaban J connectivity index is 1.71. The molecule has 2 aliphatic rings. The number of carbonyl (C=O) groups excluding carboxylic acids is 2. The summed E-state index contributed by atoms with van der Waals surface area (Å²) in [5, 5.41) is 18.8. The fraction of sp³-hybridized carbons (Fsp3) is 0.400. The van der Waals surface area contributed by atoms with Gasteiger partial charge in [-0.2, -0.15) is 10.1 Å². The summed E-state index contributed by atoms with van der Waals surface area (Å²) in [5.41, 5.74) is -0.00671. The largest absolute Gasteiger partial charge is 0.497 e. The highest BCUT2D eigenvalue weighted by atomic mass is 19.1. The van der Waals surface area contributed by atoms with E-state index >= 15 is 0 Å². The number of methoxy groups -OCH3 is 1. The van der Waals surface area contributed by atoms with Crippen LogP contribution >= 0.6 is 0 Å². The summed E-state index contributed by atoms with van der Waals surface area (Å²) in [6.45, 7) is 1.57. The van der Waals surface area contributed by atoms with E-state index in [2.05, 4.69) is 10.4 Å². The van der Waals surface area contributed by atoms with Crippen LogP contribution in [-0.2, 0) is 9.59 Å². The van der Waals surface area contributed by atoms with Gasteiger partial charge in [-0.25, -0.2) is 4.39 Å². The van der Waals surface area contributed by atoms with Crippen LogP contribution in [0.1, 0.15) is 44.6 Å². The van der Waals surface area contributed by atoms with Crippen molar-refractivity contribution in [3.05, 3.63) is 59.9 Å². The molecule has 1 aliphatic heterocycles. The maximum absolute atomic E-state index is 13.9. The van der Waals surface area contributed by atoms with Gasteiger partial charge in [-0.05, 0) is 67.8 Å². The zero-order valence-electron chi connectivity index (χ0n) is 18.8. The van der Waals surface area contributed by atoms with Gasteiger partial charge in [0.25, 0.3) is 5.91 Å². The molecule has 1 heterocycles. The lowest BCUT2D eigenvalue weighted by molar-refractivity contribution is -0.142. The zero-order valence-corrected chi connectivity index (χ0v) is 18.8. The SMILES string of the molecule is COc1ccc(C2=NN(c3cccc(F)c3)C(=O)C(C)(C(=O)N[C@@H]3CCCC[C@@H]3O)C2)cc1. The Kier molecular flexibility index (Phi) is 6.47. The molecule has 0 saturated heterocycles. The van der Waals surface area contributed by atoms with Crippen molar-refractivity contribution in [3.63, 3.8) is 0 Å². The van der Waals surface area contributed by atoms with Crippen LogP contribution in [0.2, 0.25) is 0 Å². The molecule has 2 amide bonds. The smallest absolute Gasteiger partial charge is 0.263 e. The van der Waals surface area contributed by atoms with Crippen LogP contribution in [0.3, 0.4) is 0 Å². The molecule has 1 fully saturated rings. The van der Waals surface area contributed by atoms with E-state index in [0.717, 1.165) is 23.4 Å². The maximum Gasteiger partial charge on any atom is 0.263 e. The first-order valence-corrected chi connectivity index (χ1v) is 11.1. The highest BCUT2D eigenvalue weighted by Crippen LogP contribution is 2.35. The molecule has 33 heavy (non-hydrogen) atoms. The van der Waals surface area contributed by atoms with Crippen LogP contribution in [0.15, 0.2) is 53.6 Å². The van der Waals surface area contributed by atoms with Gasteiger partial charge in [-0.3, -0.25) is 9.59 Å². The molecule has 7 nitrogen and oxygen atoms in total. The molecule has 2 N–H and O–H groups in total. The molecule has 1 unspecified atom stereocenters. The average Bonchev–Trinajstić information content (AvgIpc) is 2.82. The summed E-state index contributed by atoms with van der Waals surface area (Å²) in [6.07, 6.45) is 2.51. The highest BCUT2D eigenvalue weighted by Gasteiger charge is 2.49. The van der Waals surface area contributed by atoms with Crippen molar-refractivity contribution in [2.75, 3.05) is 12.1 Å². The maximum atomic E-state index is 13.9. The minimum Gasteiger partial charge on any atom is -0.497 e. The molecule has 0 bridgehead atoms. The van der Waals surface area contributed by atoms with Crippen LogP contribution < -0.4 is 15.1 Å². The molecule has 3 atom stereocenters. The van der Waals surface area contributed by atoms with E-state index in [1.807, 2.05) is 0 Å². The van der Waals surface area contributed by atoms with E-state index in [1.165, 1.54) is 18.2 Å². The van der Waals surface area contributed by atoms with E-state index in [0.29, 0.717) is 24.3 Å². The Bertz CT molecular complexity index is 1070. The van der Waals surface area contributed by atoms with Crippen molar-refractivity contribution in [1.82, 2.24) is 5.32 Å². The number of hydrogen-bond donors (Lipinski definition) is 2. The molecule has 1 saturated carbocycles. The molecule has 2 aromatic rings. The van der Waals surface area contributed by atoms with E-state index in [-0.39, 0.29) is 12.1 Å². The first-order valence-electron chi connectivity index (χ1n) is 11.1. The van der Waals surface area contributed by atoms with Gasteiger partial charge in [-0.1, -0.05) is 18.9 Å². The molecule has 0 aromatic heterocycles. The number of amides is 2. The number of nitrogens with zero attached hydrogens (tertiary/aromatic N) is 2. The second kappa shape index (κ2) is 9.31. The molecule has 1 aliphatic carbocycles. The first-order chi connectivity index (χ1) is 15.8. The van der Waals surface area contributed by atoms with Crippen LogP contribution in [0.4, 0.5) is 10.1 Å². The zero-order chi connectivity index (χ0) is 23.6. The molecule has 8 heteroatoms. The van der Waals surface area contributed by atoms with Crippen LogP contribution in [-0.4, -0.2) is 41.9 Å². The minimum atomic E-state index is -1.49. The third-order valence-corrected chi connectivity index (χ3v) is 6.43. The molecule has 0 spiro atoms. The number of aliphatic hydroxyl groups is 1. The normalized spacial score (nSPS) is 25.4. The molecular weight excluding hydrogens is 425 g/mol. The lowest BCUT2D eigenvalue weighted by Gasteiger charge is -2.38. The van der Waals surface area contributed by atoms with Gasteiger partial charge in [0.1, 0.15) is 17.0 Å². The molecular formula is C25H28FN3O4. The van der Waals surface area contributed by atoms with Crippen LogP contribution in [0, 0.1) is 11.2 Å². The van der Waals surface area contributed by atoms with E-state index in [9.17, 15) is 19.1 Å². The number of rotatable bonds is 5. The van der Waals surface area contributed by atoms with Gasteiger partial charge in [0.15, 0.2) is 0 Å². The fourth-order valence-electron chi connectivity index (χ4n) is 4.36. The summed E-state index contributed by atoms with van der Waals surface area (Å²) in [5.74, 6) is -0.863. The van der Waals surface area contributed by atoms with Crippen molar-refractivity contribution in [3.8, 4) is 5.75 Å². The van der Waals surface area contributed by atoms with Gasteiger partial charge < -0.3 is 15.2 Å². The predicted molar refractivity (Wildman–Crippen MR) is 123 cm³/mol. The number of benzene rings is 2. The number of ether oxygens (including phenoxy) is 1. The standard InChI is InChI=1S/C25H28FN3O4/c1-25(23(31)27-20-8-3-4-9-22(20)30)15-21(16-10-12-19(33-2)13-11-16)28-29(24(25)32)18-7-5-6-17(26)14-18/h5-7,10-14,20,22,30H,3-4,8-9,15H2,1-2H3,(H,27,31)/t20-,22+,25?/m1/s1. The number of halogens is 1. The molecule has 2 aromatic carbocycles. The van der Waals surface area contributed by atoms with E-state index in [4.69, 9.17) is 4.74 Å². The van der Waals surface area contributed by atoms with Crippen molar-refractivity contribution in [2.24, 2.45) is 10.5 Å². The topological polar surface area (TPSA) is 91.2 Å². The quantitative estimate of drug-likeness (QED) is 0.679. The van der Waals surface area contributed by atoms with Gasteiger partial charge in [0, 0.05) is 6.42 Å². The van der Waals surface area contributed by atoms with Gasteiger partial charge in [0.05, 0.1) is 30.7 Å². The van der Waals surface area contributed by atoms with E-state index < -0.39 is 35.2 Å². The molecule has 174 valence electrons. The van der Waals surface area contributed by atoms with Crippen molar-refractivity contribution in [1.29, 1.82) is 0 Å². The lowest BCUT2D eigenvalue weighted by atomic mass is 9.79. The van der Waals surface area contributed by atoms with E-state index in [1.54, 1.807) is 44.4 Å². The Hall–Kier alpha value is -3.26. The monoisotopic (exact) mass is 453 g/mol. The van der Waals surface area contributed by atoms with Gasteiger partial charge >= 0.3 is 0 Å². The lowest BCUT2D eigenvalue weighted by Crippen LogP contribution is -2.57. The Morgan fingerprint density at radius 3 is 2.61 bits per heavy atom. The number of hydrogen-bond acceptors (Lipinski definition) is 5. The van der Waals surface area contributed by atoms with Gasteiger partial charge in [-0.15, -0.1) is 0 Å². The fourth-order valence-corrected chi connectivity index (χ4v) is 4.36. The van der Waals surface area contributed by atoms with Gasteiger partial charge in [0.2, 0.25) is 5.91 Å². The number of anilines is 1. The molecule has 0 radical (unpaired) electrons. The number of hydrazone groups is 1. The predicted octanol–water partition coefficient (Wildman–Crippen LogP) is 3.40. The average molecular weight is 454 g/mol.